The van der Waals surface area contributed by atoms with E-state index < -0.39 is 0 Å². The largest absolute Gasteiger partial charge is 0.371 e. The topological polar surface area (TPSA) is 53.6 Å². The molecule has 2 atom stereocenters. The molecule has 3 rings (SSSR count). The maximum Gasteiger partial charge on any atom is 0.250 e. The molecule has 0 saturated carbocycles. The summed E-state index contributed by atoms with van der Waals surface area (Å²) in [5.74, 6) is 0.507. The summed E-state index contributed by atoms with van der Waals surface area (Å²) in [7, 11) is 0. The second kappa shape index (κ2) is 10.5. The molecule has 8 heteroatoms. The van der Waals surface area contributed by atoms with Gasteiger partial charge in [-0.1, -0.05) is 22.0 Å². The molecule has 2 saturated heterocycles. The average Bonchev–Trinajstić information content (AvgIpc) is 3.02. The van der Waals surface area contributed by atoms with Crippen molar-refractivity contribution >= 4 is 52.3 Å². The van der Waals surface area contributed by atoms with Crippen LogP contribution in [0.5, 0.6) is 0 Å². The van der Waals surface area contributed by atoms with Crippen LogP contribution in [0.25, 0.3) is 0 Å². The highest BCUT2D eigenvalue weighted by atomic mass is 79.9. The summed E-state index contributed by atoms with van der Waals surface area (Å²) in [6.45, 7) is 4.80. The third-order valence-corrected chi connectivity index (χ3v) is 4.74. The van der Waals surface area contributed by atoms with Gasteiger partial charge in [0.15, 0.2) is 0 Å². The molecule has 5 nitrogen and oxygen atoms in total. The van der Waals surface area contributed by atoms with Crippen molar-refractivity contribution < 1.29 is 9.53 Å². The Kier molecular flexibility index (Phi) is 9.37. The van der Waals surface area contributed by atoms with Crippen molar-refractivity contribution in [2.75, 3.05) is 44.2 Å². The Bertz CT molecular complexity index is 530. The molecule has 0 aliphatic carbocycles. The highest BCUT2D eigenvalue weighted by Gasteiger charge is 2.26. The number of amides is 1. The molecular formula is C16H24BrCl2N3O2. The van der Waals surface area contributed by atoms with Crippen molar-refractivity contribution in [2.24, 2.45) is 5.92 Å². The van der Waals surface area contributed by atoms with E-state index in [1.165, 1.54) is 5.69 Å². The monoisotopic (exact) mass is 439 g/mol. The van der Waals surface area contributed by atoms with Crippen LogP contribution in [0.1, 0.15) is 6.42 Å². The summed E-state index contributed by atoms with van der Waals surface area (Å²) in [5.41, 5.74) is 1.24. The van der Waals surface area contributed by atoms with Gasteiger partial charge in [-0.2, -0.15) is 0 Å². The van der Waals surface area contributed by atoms with Crippen LogP contribution >= 0.6 is 40.7 Å². The summed E-state index contributed by atoms with van der Waals surface area (Å²) in [6.07, 6.45) is 0.771. The zero-order valence-corrected chi connectivity index (χ0v) is 16.6. The molecule has 0 radical (unpaired) electrons. The third kappa shape index (κ3) is 5.77. The number of carbonyl (C=O) groups is 1. The number of halogens is 3. The van der Waals surface area contributed by atoms with E-state index in [9.17, 15) is 4.79 Å². The maximum absolute atomic E-state index is 12.1. The number of ether oxygens (including phenoxy) is 1. The van der Waals surface area contributed by atoms with Gasteiger partial charge in [0.25, 0.3) is 0 Å². The summed E-state index contributed by atoms with van der Waals surface area (Å²) in [4.78, 5) is 14.4. The summed E-state index contributed by atoms with van der Waals surface area (Å²) < 4.78 is 6.57. The zero-order chi connectivity index (χ0) is 15.4. The number of hydrogen-bond donors (Lipinski definition) is 2. The summed E-state index contributed by atoms with van der Waals surface area (Å²) >= 11 is 3.51. The molecule has 24 heavy (non-hydrogen) atoms. The van der Waals surface area contributed by atoms with Crippen molar-refractivity contribution in [3.63, 3.8) is 0 Å². The number of hydrogen-bond acceptors (Lipinski definition) is 4. The molecular weight excluding hydrogens is 417 g/mol. The molecule has 2 N–H and O–H groups in total. The van der Waals surface area contributed by atoms with E-state index in [1.807, 2.05) is 6.07 Å². The van der Waals surface area contributed by atoms with Gasteiger partial charge in [0.2, 0.25) is 5.91 Å². The second-order valence-electron chi connectivity index (χ2n) is 5.89. The maximum atomic E-state index is 12.1. The predicted molar refractivity (Wildman–Crippen MR) is 105 cm³/mol. The van der Waals surface area contributed by atoms with E-state index in [-0.39, 0.29) is 36.8 Å². The van der Waals surface area contributed by atoms with E-state index in [1.54, 1.807) is 0 Å². The van der Waals surface area contributed by atoms with Crippen LogP contribution in [0.2, 0.25) is 0 Å². The number of carbonyl (C=O) groups excluding carboxylic acids is 1. The molecule has 2 fully saturated rings. The quantitative estimate of drug-likeness (QED) is 0.753. The smallest absolute Gasteiger partial charge is 0.250 e. The van der Waals surface area contributed by atoms with Crippen LogP contribution in [0.3, 0.4) is 0 Å². The lowest BCUT2D eigenvalue weighted by Gasteiger charge is -2.23. The van der Waals surface area contributed by atoms with Crippen molar-refractivity contribution in [1.82, 2.24) is 10.6 Å². The van der Waals surface area contributed by atoms with E-state index in [2.05, 4.69) is 49.7 Å². The first-order chi connectivity index (χ1) is 10.7. The molecule has 0 spiro atoms. The van der Waals surface area contributed by atoms with Crippen molar-refractivity contribution in [1.29, 1.82) is 0 Å². The lowest BCUT2D eigenvalue weighted by Crippen LogP contribution is -2.48. The average molecular weight is 441 g/mol. The molecule has 0 aromatic heterocycles. The number of benzene rings is 1. The molecule has 2 aliphatic rings. The molecule has 1 aromatic rings. The van der Waals surface area contributed by atoms with Crippen molar-refractivity contribution in [2.45, 2.75) is 12.5 Å². The molecule has 2 heterocycles. The van der Waals surface area contributed by atoms with Gasteiger partial charge in [0, 0.05) is 42.9 Å². The van der Waals surface area contributed by atoms with Gasteiger partial charge in [-0.3, -0.25) is 4.79 Å². The van der Waals surface area contributed by atoms with E-state index in [0.717, 1.165) is 37.1 Å². The molecule has 1 aromatic carbocycles. The zero-order valence-electron chi connectivity index (χ0n) is 13.4. The fourth-order valence-electron chi connectivity index (χ4n) is 3.00. The Morgan fingerprint density at radius 1 is 1.42 bits per heavy atom. The number of nitrogens with one attached hydrogen (secondary N) is 2. The minimum atomic E-state index is -0.337. The molecule has 0 bridgehead atoms. The lowest BCUT2D eigenvalue weighted by atomic mass is 10.1. The fraction of sp³-hybridized carbons (Fsp3) is 0.562. The van der Waals surface area contributed by atoms with Crippen molar-refractivity contribution in [3.8, 4) is 0 Å². The fourth-order valence-corrected chi connectivity index (χ4v) is 3.39. The first kappa shape index (κ1) is 21.5. The minimum Gasteiger partial charge on any atom is -0.371 e. The van der Waals surface area contributed by atoms with Gasteiger partial charge >= 0.3 is 0 Å². The summed E-state index contributed by atoms with van der Waals surface area (Å²) in [5, 5.41) is 6.22. The minimum absolute atomic E-state index is 0. The Labute approximate surface area is 163 Å². The van der Waals surface area contributed by atoms with Crippen LogP contribution in [0.15, 0.2) is 28.7 Å². The Morgan fingerprint density at radius 2 is 2.25 bits per heavy atom. The van der Waals surface area contributed by atoms with Gasteiger partial charge in [0.05, 0.1) is 6.61 Å². The summed E-state index contributed by atoms with van der Waals surface area (Å²) in [6, 6.07) is 8.37. The van der Waals surface area contributed by atoms with Crippen LogP contribution in [0, 0.1) is 5.92 Å². The highest BCUT2D eigenvalue weighted by Crippen LogP contribution is 2.25. The normalized spacial score (nSPS) is 23.1. The number of nitrogens with zero attached hydrogens (tertiary/aromatic N) is 1. The molecule has 136 valence electrons. The number of morpholine rings is 1. The standard InChI is InChI=1S/C16H22BrN3O2.2ClH/c17-13-2-1-3-14(8-13)20-6-4-12(11-20)9-19-16(21)15-10-18-5-7-22-15;;/h1-3,8,12,15,18H,4-7,9-11H2,(H,19,21);2*1H. The van der Waals surface area contributed by atoms with Crippen LogP contribution in [0.4, 0.5) is 5.69 Å². The molecule has 1 amide bonds. The molecule has 2 unspecified atom stereocenters. The second-order valence-corrected chi connectivity index (χ2v) is 6.80. The van der Waals surface area contributed by atoms with Crippen LogP contribution < -0.4 is 15.5 Å². The van der Waals surface area contributed by atoms with Crippen molar-refractivity contribution in [3.05, 3.63) is 28.7 Å². The third-order valence-electron chi connectivity index (χ3n) is 4.24. The first-order valence-electron chi connectivity index (χ1n) is 7.83. The number of anilines is 1. The van der Waals surface area contributed by atoms with Gasteiger partial charge in [0.1, 0.15) is 6.10 Å². The Balaban J connectivity index is 0.00000144. The SMILES string of the molecule is Cl.Cl.O=C(NCC1CCN(c2cccc(Br)c2)C1)C1CNCCO1. The first-order valence-corrected chi connectivity index (χ1v) is 8.62. The van der Waals surface area contributed by atoms with Crippen LogP contribution in [-0.4, -0.2) is 51.3 Å². The van der Waals surface area contributed by atoms with E-state index >= 15 is 0 Å². The number of rotatable bonds is 4. The Hall–Kier alpha value is -0.530. The van der Waals surface area contributed by atoms with Gasteiger partial charge in [-0.05, 0) is 30.5 Å². The Morgan fingerprint density at radius 3 is 2.96 bits per heavy atom. The lowest BCUT2D eigenvalue weighted by molar-refractivity contribution is -0.134. The van der Waals surface area contributed by atoms with Gasteiger partial charge in [-0.15, -0.1) is 24.8 Å². The predicted octanol–water partition coefficient (Wildman–Crippen LogP) is 2.22. The highest BCUT2D eigenvalue weighted by molar-refractivity contribution is 9.10. The van der Waals surface area contributed by atoms with Crippen LogP contribution in [-0.2, 0) is 9.53 Å². The van der Waals surface area contributed by atoms with E-state index in [4.69, 9.17) is 4.74 Å². The van der Waals surface area contributed by atoms with E-state index in [0.29, 0.717) is 19.1 Å². The van der Waals surface area contributed by atoms with Gasteiger partial charge < -0.3 is 20.3 Å². The van der Waals surface area contributed by atoms with Gasteiger partial charge in [-0.25, -0.2) is 0 Å². The molecule has 2 aliphatic heterocycles.